The molecule has 0 saturated carbocycles. The number of aromatic nitrogens is 1. The molecule has 78 valence electrons. The molecule has 1 aromatic heterocycles. The minimum absolute atomic E-state index is 0.512. The molecule has 1 aromatic carbocycles. The number of thiazole rings is 1. The van der Waals surface area contributed by atoms with E-state index in [-0.39, 0.29) is 0 Å². The van der Waals surface area contributed by atoms with Gasteiger partial charge in [0, 0.05) is 17.2 Å². The molecule has 2 rings (SSSR count). The summed E-state index contributed by atoms with van der Waals surface area (Å²) in [6, 6.07) is 6.26. The minimum atomic E-state index is 0.512. The molecule has 0 atom stereocenters. The Labute approximate surface area is 101 Å². The van der Waals surface area contributed by atoms with Crippen LogP contribution in [0, 0.1) is 6.92 Å². The van der Waals surface area contributed by atoms with Crippen molar-refractivity contribution in [2.45, 2.75) is 13.5 Å². The predicted molar refractivity (Wildman–Crippen MR) is 67.9 cm³/mol. The van der Waals surface area contributed by atoms with E-state index in [0.717, 1.165) is 9.48 Å². The molecule has 0 saturated heterocycles. The predicted octanol–water partition coefficient (Wildman–Crippen LogP) is 3.34. The molecule has 2 nitrogen and oxygen atoms in total. The van der Waals surface area contributed by atoms with Crippen LogP contribution < -0.4 is 5.73 Å². The SMILES string of the molecule is Cc1ccc(Br)cc1-c1cnc(CN)s1. The fourth-order valence-electron chi connectivity index (χ4n) is 1.39. The summed E-state index contributed by atoms with van der Waals surface area (Å²) in [4.78, 5) is 5.44. The Kier molecular flexibility index (Phi) is 3.19. The molecule has 1 heterocycles. The molecule has 2 aromatic rings. The Hall–Kier alpha value is -0.710. The van der Waals surface area contributed by atoms with Crippen molar-refractivity contribution in [1.29, 1.82) is 0 Å². The Morgan fingerprint density at radius 3 is 2.93 bits per heavy atom. The Morgan fingerprint density at radius 1 is 1.47 bits per heavy atom. The first kappa shape index (κ1) is 10.8. The second kappa shape index (κ2) is 4.43. The van der Waals surface area contributed by atoms with Gasteiger partial charge in [0.1, 0.15) is 5.01 Å². The van der Waals surface area contributed by atoms with E-state index >= 15 is 0 Å². The summed E-state index contributed by atoms with van der Waals surface area (Å²) >= 11 is 5.13. The highest BCUT2D eigenvalue weighted by molar-refractivity contribution is 9.10. The molecule has 4 heteroatoms. The highest BCUT2D eigenvalue weighted by Crippen LogP contribution is 2.30. The van der Waals surface area contributed by atoms with Gasteiger partial charge in [-0.05, 0) is 30.2 Å². The van der Waals surface area contributed by atoms with Crippen molar-refractivity contribution in [1.82, 2.24) is 4.98 Å². The van der Waals surface area contributed by atoms with E-state index in [1.54, 1.807) is 11.3 Å². The Balaban J connectivity index is 2.48. The van der Waals surface area contributed by atoms with Gasteiger partial charge in [-0.1, -0.05) is 22.0 Å². The van der Waals surface area contributed by atoms with Crippen LogP contribution in [0.15, 0.2) is 28.9 Å². The van der Waals surface area contributed by atoms with Crippen LogP contribution >= 0.6 is 27.3 Å². The van der Waals surface area contributed by atoms with Gasteiger partial charge in [0.2, 0.25) is 0 Å². The third kappa shape index (κ3) is 2.27. The maximum Gasteiger partial charge on any atom is 0.107 e. The number of rotatable bonds is 2. The molecule has 0 fully saturated rings. The van der Waals surface area contributed by atoms with Gasteiger partial charge in [-0.25, -0.2) is 4.98 Å². The van der Waals surface area contributed by atoms with E-state index in [0.29, 0.717) is 6.54 Å². The fourth-order valence-corrected chi connectivity index (χ4v) is 2.63. The third-order valence-electron chi connectivity index (χ3n) is 2.19. The summed E-state index contributed by atoms with van der Waals surface area (Å²) in [5.74, 6) is 0. The summed E-state index contributed by atoms with van der Waals surface area (Å²) < 4.78 is 1.09. The highest BCUT2D eigenvalue weighted by atomic mass is 79.9. The van der Waals surface area contributed by atoms with Gasteiger partial charge >= 0.3 is 0 Å². The van der Waals surface area contributed by atoms with Crippen LogP contribution in [0.4, 0.5) is 0 Å². The van der Waals surface area contributed by atoms with Crippen molar-refractivity contribution in [3.8, 4) is 10.4 Å². The molecule has 0 bridgehead atoms. The van der Waals surface area contributed by atoms with Crippen LogP contribution in [0.2, 0.25) is 0 Å². The molecule has 0 aliphatic rings. The molecule has 0 amide bonds. The number of nitrogens with zero attached hydrogens (tertiary/aromatic N) is 1. The lowest BCUT2D eigenvalue weighted by Gasteiger charge is -2.02. The first-order valence-electron chi connectivity index (χ1n) is 4.62. The average Bonchev–Trinajstić information content (AvgIpc) is 2.70. The Morgan fingerprint density at radius 2 is 2.27 bits per heavy atom. The van der Waals surface area contributed by atoms with Crippen LogP contribution in [0.1, 0.15) is 10.6 Å². The van der Waals surface area contributed by atoms with Crippen molar-refractivity contribution in [2.24, 2.45) is 5.73 Å². The van der Waals surface area contributed by atoms with E-state index in [9.17, 15) is 0 Å². The van der Waals surface area contributed by atoms with Crippen molar-refractivity contribution in [3.05, 3.63) is 39.4 Å². The van der Waals surface area contributed by atoms with Crippen molar-refractivity contribution in [2.75, 3.05) is 0 Å². The lowest BCUT2D eigenvalue weighted by atomic mass is 10.1. The first-order chi connectivity index (χ1) is 7.20. The number of benzene rings is 1. The van der Waals surface area contributed by atoms with Gasteiger partial charge in [-0.15, -0.1) is 11.3 Å². The first-order valence-corrected chi connectivity index (χ1v) is 6.23. The quantitative estimate of drug-likeness (QED) is 0.918. The molecule has 0 spiro atoms. The van der Waals surface area contributed by atoms with Crippen LogP contribution in [0.5, 0.6) is 0 Å². The van der Waals surface area contributed by atoms with E-state index < -0.39 is 0 Å². The summed E-state index contributed by atoms with van der Waals surface area (Å²) in [5.41, 5.74) is 8.03. The normalized spacial score (nSPS) is 10.6. The monoisotopic (exact) mass is 282 g/mol. The molecule has 0 aliphatic carbocycles. The van der Waals surface area contributed by atoms with Crippen LogP contribution in [-0.2, 0) is 6.54 Å². The summed E-state index contributed by atoms with van der Waals surface area (Å²) in [6.07, 6.45) is 1.89. The lowest BCUT2D eigenvalue weighted by Crippen LogP contribution is -1.93. The standard InChI is InChI=1S/C11H11BrN2S/c1-7-2-3-8(12)4-9(7)10-6-14-11(5-13)15-10/h2-4,6H,5,13H2,1H3. The lowest BCUT2D eigenvalue weighted by molar-refractivity contribution is 1.04. The van der Waals surface area contributed by atoms with Gasteiger partial charge in [0.15, 0.2) is 0 Å². The third-order valence-corrected chi connectivity index (χ3v) is 3.74. The van der Waals surface area contributed by atoms with E-state index in [4.69, 9.17) is 5.73 Å². The smallest absolute Gasteiger partial charge is 0.107 e. The average molecular weight is 283 g/mol. The number of halogens is 1. The van der Waals surface area contributed by atoms with E-state index in [1.807, 2.05) is 12.3 Å². The second-order valence-corrected chi connectivity index (χ2v) is 5.31. The minimum Gasteiger partial charge on any atom is -0.325 e. The second-order valence-electron chi connectivity index (χ2n) is 3.28. The number of nitrogens with two attached hydrogens (primary N) is 1. The number of hydrogen-bond acceptors (Lipinski definition) is 3. The summed E-state index contributed by atoms with van der Waals surface area (Å²) in [7, 11) is 0. The molecular weight excluding hydrogens is 272 g/mol. The van der Waals surface area contributed by atoms with Crippen LogP contribution in [0.3, 0.4) is 0 Å². The largest absolute Gasteiger partial charge is 0.325 e. The topological polar surface area (TPSA) is 38.9 Å². The summed E-state index contributed by atoms with van der Waals surface area (Å²) in [6.45, 7) is 2.61. The van der Waals surface area contributed by atoms with Crippen molar-refractivity contribution >= 4 is 27.3 Å². The van der Waals surface area contributed by atoms with Gasteiger partial charge in [-0.3, -0.25) is 0 Å². The van der Waals surface area contributed by atoms with Crippen molar-refractivity contribution < 1.29 is 0 Å². The van der Waals surface area contributed by atoms with Crippen molar-refractivity contribution in [3.63, 3.8) is 0 Å². The number of hydrogen-bond donors (Lipinski definition) is 1. The molecule has 0 unspecified atom stereocenters. The molecule has 2 N–H and O–H groups in total. The van der Waals surface area contributed by atoms with Gasteiger partial charge in [0.05, 0.1) is 4.88 Å². The van der Waals surface area contributed by atoms with E-state index in [1.165, 1.54) is 16.0 Å². The van der Waals surface area contributed by atoms with Crippen LogP contribution in [0.25, 0.3) is 10.4 Å². The molecule has 0 radical (unpaired) electrons. The zero-order valence-corrected chi connectivity index (χ0v) is 10.7. The molecular formula is C11H11BrN2S. The zero-order chi connectivity index (χ0) is 10.8. The van der Waals surface area contributed by atoms with Gasteiger partial charge in [0.25, 0.3) is 0 Å². The van der Waals surface area contributed by atoms with Crippen LogP contribution in [-0.4, -0.2) is 4.98 Å². The number of aryl methyl sites for hydroxylation is 1. The van der Waals surface area contributed by atoms with E-state index in [2.05, 4.69) is 40.0 Å². The maximum absolute atomic E-state index is 5.55. The summed E-state index contributed by atoms with van der Waals surface area (Å²) in [5, 5.41) is 0.976. The maximum atomic E-state index is 5.55. The molecule has 0 aliphatic heterocycles. The van der Waals surface area contributed by atoms with Gasteiger partial charge in [-0.2, -0.15) is 0 Å². The molecule has 15 heavy (non-hydrogen) atoms. The Bertz CT molecular complexity index is 479. The zero-order valence-electron chi connectivity index (χ0n) is 8.33. The van der Waals surface area contributed by atoms with Gasteiger partial charge < -0.3 is 5.73 Å². The highest BCUT2D eigenvalue weighted by Gasteiger charge is 2.06. The fraction of sp³-hybridized carbons (Fsp3) is 0.182.